The molecule has 0 amide bonds. The highest BCUT2D eigenvalue weighted by molar-refractivity contribution is 5.75. The lowest BCUT2D eigenvalue weighted by Gasteiger charge is -2.32. The van der Waals surface area contributed by atoms with E-state index in [1.165, 1.54) is 42.7 Å². The van der Waals surface area contributed by atoms with Gasteiger partial charge in [0, 0.05) is 6.54 Å². The molecule has 0 spiro atoms. The van der Waals surface area contributed by atoms with E-state index < -0.39 is 0 Å². The average molecular weight is 350 g/mol. The predicted molar refractivity (Wildman–Crippen MR) is 104 cm³/mol. The SMILES string of the molecule is O=c1c2ccccc2on1CCCC1CCN(Cc2ccccc2)CC1. The van der Waals surface area contributed by atoms with Gasteiger partial charge in [-0.3, -0.25) is 9.69 Å². The molecule has 2 aromatic carbocycles. The van der Waals surface area contributed by atoms with Crippen molar-refractivity contribution in [2.45, 2.75) is 38.8 Å². The number of rotatable bonds is 6. The monoisotopic (exact) mass is 350 g/mol. The van der Waals surface area contributed by atoms with Crippen LogP contribution in [0.4, 0.5) is 0 Å². The first-order valence-corrected chi connectivity index (χ1v) is 9.65. The van der Waals surface area contributed by atoms with Crippen molar-refractivity contribution in [1.29, 1.82) is 0 Å². The molecule has 1 saturated heterocycles. The van der Waals surface area contributed by atoms with Crippen LogP contribution in [0.5, 0.6) is 0 Å². The number of benzene rings is 2. The predicted octanol–water partition coefficient (Wildman–Crippen LogP) is 4.29. The zero-order chi connectivity index (χ0) is 17.8. The van der Waals surface area contributed by atoms with Crippen LogP contribution in [0, 0.1) is 5.92 Å². The van der Waals surface area contributed by atoms with E-state index in [4.69, 9.17) is 4.52 Å². The van der Waals surface area contributed by atoms with Crippen LogP contribution in [0.3, 0.4) is 0 Å². The van der Waals surface area contributed by atoms with Crippen molar-refractivity contribution in [2.24, 2.45) is 5.92 Å². The summed E-state index contributed by atoms with van der Waals surface area (Å²) < 4.78 is 7.19. The van der Waals surface area contributed by atoms with Gasteiger partial charge in [-0.15, -0.1) is 0 Å². The molecule has 26 heavy (non-hydrogen) atoms. The third-order valence-electron chi connectivity index (χ3n) is 5.48. The van der Waals surface area contributed by atoms with E-state index in [2.05, 4.69) is 35.2 Å². The van der Waals surface area contributed by atoms with Crippen LogP contribution < -0.4 is 5.56 Å². The Hall–Kier alpha value is -2.33. The van der Waals surface area contributed by atoms with Gasteiger partial charge in [-0.25, -0.2) is 0 Å². The number of fused-ring (bicyclic) bond motifs is 1. The fourth-order valence-electron chi connectivity index (χ4n) is 3.96. The van der Waals surface area contributed by atoms with Gasteiger partial charge in [-0.2, -0.15) is 4.74 Å². The zero-order valence-electron chi connectivity index (χ0n) is 15.1. The van der Waals surface area contributed by atoms with Gasteiger partial charge in [0.15, 0.2) is 5.58 Å². The Morgan fingerprint density at radius 1 is 0.962 bits per heavy atom. The molecular formula is C22H26N2O2. The Kier molecular flexibility index (Phi) is 5.21. The Labute approximate surface area is 154 Å². The largest absolute Gasteiger partial charge is 0.376 e. The van der Waals surface area contributed by atoms with E-state index in [1.54, 1.807) is 0 Å². The third kappa shape index (κ3) is 3.91. The quantitative estimate of drug-likeness (QED) is 0.666. The van der Waals surface area contributed by atoms with Gasteiger partial charge in [0.25, 0.3) is 5.56 Å². The number of aromatic nitrogens is 1. The van der Waals surface area contributed by atoms with Gasteiger partial charge in [-0.05, 0) is 62.4 Å². The van der Waals surface area contributed by atoms with Gasteiger partial charge in [-0.1, -0.05) is 42.5 Å². The molecule has 1 fully saturated rings. The fraction of sp³-hybridized carbons (Fsp3) is 0.409. The molecule has 2 heterocycles. The minimum Gasteiger partial charge on any atom is -0.376 e. The summed E-state index contributed by atoms with van der Waals surface area (Å²) in [5.74, 6) is 0.766. The van der Waals surface area contributed by atoms with E-state index in [-0.39, 0.29) is 5.56 Å². The highest BCUT2D eigenvalue weighted by Crippen LogP contribution is 2.23. The summed E-state index contributed by atoms with van der Waals surface area (Å²) in [6, 6.07) is 18.2. The molecule has 0 N–H and O–H groups in total. The summed E-state index contributed by atoms with van der Waals surface area (Å²) in [5, 5.41) is 0.682. The van der Waals surface area contributed by atoms with Gasteiger partial charge in [0.05, 0.1) is 11.9 Å². The highest BCUT2D eigenvalue weighted by Gasteiger charge is 2.19. The van der Waals surface area contributed by atoms with E-state index in [1.807, 2.05) is 24.3 Å². The molecule has 4 nitrogen and oxygen atoms in total. The summed E-state index contributed by atoms with van der Waals surface area (Å²) in [5.41, 5.74) is 2.08. The van der Waals surface area contributed by atoms with Crippen molar-refractivity contribution in [3.8, 4) is 0 Å². The van der Waals surface area contributed by atoms with E-state index in [0.29, 0.717) is 17.5 Å². The third-order valence-corrected chi connectivity index (χ3v) is 5.48. The number of para-hydroxylation sites is 1. The number of nitrogens with zero attached hydrogens (tertiary/aromatic N) is 2. The zero-order valence-corrected chi connectivity index (χ0v) is 15.1. The Morgan fingerprint density at radius 3 is 2.46 bits per heavy atom. The maximum Gasteiger partial charge on any atom is 0.290 e. The lowest BCUT2D eigenvalue weighted by molar-refractivity contribution is 0.166. The van der Waals surface area contributed by atoms with E-state index >= 15 is 0 Å². The molecule has 4 rings (SSSR count). The summed E-state index contributed by atoms with van der Waals surface area (Å²) in [4.78, 5) is 14.8. The maximum atomic E-state index is 12.3. The van der Waals surface area contributed by atoms with Crippen molar-refractivity contribution in [2.75, 3.05) is 13.1 Å². The average Bonchev–Trinajstić information content (AvgIpc) is 3.00. The molecule has 0 saturated carbocycles. The molecule has 3 aromatic rings. The van der Waals surface area contributed by atoms with Crippen LogP contribution in [-0.4, -0.2) is 22.7 Å². The number of hydrogen-bond donors (Lipinski definition) is 0. The minimum atomic E-state index is -0.00159. The smallest absolute Gasteiger partial charge is 0.290 e. The number of aryl methyl sites for hydroxylation is 1. The number of hydrogen-bond acceptors (Lipinski definition) is 3. The van der Waals surface area contributed by atoms with Crippen LogP contribution in [-0.2, 0) is 13.1 Å². The molecule has 136 valence electrons. The van der Waals surface area contributed by atoms with Crippen molar-refractivity contribution in [3.05, 3.63) is 70.5 Å². The van der Waals surface area contributed by atoms with Crippen LogP contribution in [0.2, 0.25) is 0 Å². The first-order valence-electron chi connectivity index (χ1n) is 9.65. The van der Waals surface area contributed by atoms with Crippen LogP contribution >= 0.6 is 0 Å². The van der Waals surface area contributed by atoms with Gasteiger partial charge >= 0.3 is 0 Å². The van der Waals surface area contributed by atoms with Crippen LogP contribution in [0.15, 0.2) is 63.9 Å². The molecule has 0 aliphatic carbocycles. The van der Waals surface area contributed by atoms with Crippen molar-refractivity contribution in [3.63, 3.8) is 0 Å². The normalized spacial score (nSPS) is 16.3. The lowest BCUT2D eigenvalue weighted by Crippen LogP contribution is -2.33. The lowest BCUT2D eigenvalue weighted by atomic mass is 9.92. The summed E-state index contributed by atoms with van der Waals surface area (Å²) in [6.07, 6.45) is 4.68. The standard InChI is InChI=1S/C22H26N2O2/c25-22-20-10-4-5-11-21(20)26-24(22)14-6-9-18-12-15-23(16-13-18)17-19-7-2-1-3-8-19/h1-5,7-8,10-11,18H,6,9,12-17H2. The second-order valence-corrected chi connectivity index (χ2v) is 7.34. The molecule has 1 aromatic heterocycles. The molecule has 0 atom stereocenters. The van der Waals surface area contributed by atoms with Crippen molar-refractivity contribution >= 4 is 11.0 Å². The van der Waals surface area contributed by atoms with Gasteiger partial charge < -0.3 is 4.52 Å². The summed E-state index contributed by atoms with van der Waals surface area (Å²) in [7, 11) is 0. The minimum absolute atomic E-state index is 0.00159. The molecule has 4 heteroatoms. The van der Waals surface area contributed by atoms with E-state index in [9.17, 15) is 4.79 Å². The van der Waals surface area contributed by atoms with Gasteiger partial charge in [0.2, 0.25) is 0 Å². The molecular weight excluding hydrogens is 324 g/mol. The second kappa shape index (κ2) is 7.92. The molecule has 0 bridgehead atoms. The fourth-order valence-corrected chi connectivity index (χ4v) is 3.96. The molecule has 0 unspecified atom stereocenters. The summed E-state index contributed by atoms with van der Waals surface area (Å²) >= 11 is 0. The molecule has 1 aliphatic rings. The summed E-state index contributed by atoms with van der Waals surface area (Å²) in [6.45, 7) is 4.08. The Bertz CT molecular complexity index is 889. The first kappa shape index (κ1) is 17.1. The van der Waals surface area contributed by atoms with Crippen molar-refractivity contribution in [1.82, 2.24) is 9.64 Å². The first-order chi connectivity index (χ1) is 12.8. The second-order valence-electron chi connectivity index (χ2n) is 7.34. The highest BCUT2D eigenvalue weighted by atomic mass is 16.5. The van der Waals surface area contributed by atoms with Crippen LogP contribution in [0.25, 0.3) is 11.0 Å². The van der Waals surface area contributed by atoms with Crippen molar-refractivity contribution < 1.29 is 4.52 Å². The topological polar surface area (TPSA) is 38.4 Å². The maximum absolute atomic E-state index is 12.3. The molecule has 1 aliphatic heterocycles. The molecule has 0 radical (unpaired) electrons. The number of piperidine rings is 1. The Balaban J connectivity index is 1.23. The van der Waals surface area contributed by atoms with Gasteiger partial charge in [0.1, 0.15) is 0 Å². The number of likely N-dealkylation sites (tertiary alicyclic amines) is 1. The van der Waals surface area contributed by atoms with E-state index in [0.717, 1.165) is 18.9 Å². The van der Waals surface area contributed by atoms with Crippen LogP contribution in [0.1, 0.15) is 31.2 Å². The Morgan fingerprint density at radius 2 is 1.69 bits per heavy atom.